The van der Waals surface area contributed by atoms with Gasteiger partial charge in [0.05, 0.1) is 15.6 Å². The number of hydrogen-bond acceptors (Lipinski definition) is 4. The zero-order chi connectivity index (χ0) is 19.4. The molecule has 0 bridgehead atoms. The van der Waals surface area contributed by atoms with Crippen LogP contribution in [0, 0.1) is 0 Å². The summed E-state index contributed by atoms with van der Waals surface area (Å²) >= 11 is 6.41. The van der Waals surface area contributed by atoms with E-state index >= 15 is 0 Å². The highest BCUT2D eigenvalue weighted by Crippen LogP contribution is 2.31. The third kappa shape index (κ3) is 4.61. The Morgan fingerprint density at radius 1 is 1.04 bits per heavy atom. The van der Waals surface area contributed by atoms with Crippen molar-refractivity contribution in [3.8, 4) is 0 Å². The molecule has 0 aromatic heterocycles. The van der Waals surface area contributed by atoms with Crippen molar-refractivity contribution in [2.75, 3.05) is 30.4 Å². The van der Waals surface area contributed by atoms with Crippen LogP contribution in [-0.2, 0) is 10.0 Å². The van der Waals surface area contributed by atoms with Crippen LogP contribution in [0.3, 0.4) is 0 Å². The molecule has 1 heterocycles. The molecule has 0 saturated carbocycles. The van der Waals surface area contributed by atoms with E-state index in [-0.39, 0.29) is 10.8 Å². The molecule has 1 fully saturated rings. The van der Waals surface area contributed by atoms with Gasteiger partial charge in [-0.1, -0.05) is 11.6 Å². The Morgan fingerprint density at radius 3 is 2.30 bits per heavy atom. The van der Waals surface area contributed by atoms with Crippen LogP contribution in [0.25, 0.3) is 0 Å². The molecule has 0 aliphatic carbocycles. The fourth-order valence-electron chi connectivity index (χ4n) is 3.08. The number of amides is 1. The fourth-order valence-corrected chi connectivity index (χ4v) is 4.11. The molecule has 0 radical (unpaired) electrons. The predicted molar refractivity (Wildman–Crippen MR) is 108 cm³/mol. The molecule has 0 unspecified atom stereocenters. The van der Waals surface area contributed by atoms with Gasteiger partial charge < -0.3 is 10.2 Å². The number of carbonyl (C=O) groups excluding carboxylic acids is 1. The van der Waals surface area contributed by atoms with Gasteiger partial charge in [0.25, 0.3) is 5.91 Å². The summed E-state index contributed by atoms with van der Waals surface area (Å²) < 4.78 is 25.7. The summed E-state index contributed by atoms with van der Waals surface area (Å²) in [7, 11) is -2.18. The van der Waals surface area contributed by atoms with Crippen LogP contribution >= 0.6 is 11.6 Å². The molecule has 0 atom stereocenters. The number of piperidine rings is 1. The van der Waals surface area contributed by atoms with E-state index < -0.39 is 10.0 Å². The first-order valence-electron chi connectivity index (χ1n) is 8.80. The molecular weight excluding hydrogens is 386 g/mol. The van der Waals surface area contributed by atoms with Gasteiger partial charge in [-0.2, -0.15) is 0 Å². The van der Waals surface area contributed by atoms with Gasteiger partial charge in [0.15, 0.2) is 0 Å². The largest absolute Gasteiger partial charge is 0.370 e. The lowest BCUT2D eigenvalue weighted by Gasteiger charge is -2.29. The van der Waals surface area contributed by atoms with E-state index in [1.54, 1.807) is 6.07 Å². The predicted octanol–water partition coefficient (Wildman–Crippen LogP) is 3.49. The lowest BCUT2D eigenvalue weighted by molar-refractivity contribution is 0.102. The van der Waals surface area contributed by atoms with E-state index in [0.717, 1.165) is 31.6 Å². The number of benzene rings is 2. The van der Waals surface area contributed by atoms with Crippen LogP contribution in [-0.4, -0.2) is 34.5 Å². The second-order valence-electron chi connectivity index (χ2n) is 6.40. The fraction of sp³-hybridized carbons (Fsp3) is 0.316. The Labute approximate surface area is 164 Å². The van der Waals surface area contributed by atoms with Crippen molar-refractivity contribution >= 4 is 38.9 Å². The molecule has 1 aliphatic rings. The Kier molecular flexibility index (Phi) is 6.04. The van der Waals surface area contributed by atoms with Crippen molar-refractivity contribution in [2.45, 2.75) is 24.2 Å². The molecular formula is C19H22ClN3O3S. The van der Waals surface area contributed by atoms with E-state index in [0.29, 0.717) is 16.3 Å². The molecule has 1 amide bonds. The lowest BCUT2D eigenvalue weighted by atomic mass is 10.1. The van der Waals surface area contributed by atoms with E-state index in [9.17, 15) is 13.2 Å². The normalized spacial score (nSPS) is 14.8. The molecule has 8 heteroatoms. The molecule has 2 N–H and O–H groups in total. The maximum Gasteiger partial charge on any atom is 0.255 e. The number of rotatable bonds is 5. The quantitative estimate of drug-likeness (QED) is 0.795. The first-order chi connectivity index (χ1) is 12.9. The van der Waals surface area contributed by atoms with Crippen LogP contribution in [0.4, 0.5) is 11.4 Å². The smallest absolute Gasteiger partial charge is 0.255 e. The van der Waals surface area contributed by atoms with Gasteiger partial charge in [0.2, 0.25) is 10.0 Å². The molecule has 27 heavy (non-hydrogen) atoms. The highest BCUT2D eigenvalue weighted by Gasteiger charge is 2.16. The van der Waals surface area contributed by atoms with Crippen LogP contribution in [0.5, 0.6) is 0 Å². The van der Waals surface area contributed by atoms with E-state index in [1.807, 2.05) is 12.1 Å². The highest BCUT2D eigenvalue weighted by molar-refractivity contribution is 7.89. The van der Waals surface area contributed by atoms with Crippen LogP contribution in [0.2, 0.25) is 5.02 Å². The van der Waals surface area contributed by atoms with Gasteiger partial charge in [-0.05, 0) is 68.8 Å². The summed E-state index contributed by atoms with van der Waals surface area (Å²) in [6.45, 7) is 1.99. The zero-order valence-corrected chi connectivity index (χ0v) is 16.6. The maximum absolute atomic E-state index is 12.4. The van der Waals surface area contributed by atoms with E-state index in [2.05, 4.69) is 14.9 Å². The zero-order valence-electron chi connectivity index (χ0n) is 15.0. The minimum Gasteiger partial charge on any atom is -0.370 e. The van der Waals surface area contributed by atoms with Gasteiger partial charge in [-0.15, -0.1) is 0 Å². The SMILES string of the molecule is CNS(=O)(=O)c1ccc(C(=O)Nc2ccc(N3CCCCC3)c(Cl)c2)cc1. The third-order valence-electron chi connectivity index (χ3n) is 4.60. The van der Waals surface area contributed by atoms with Gasteiger partial charge in [0.1, 0.15) is 0 Å². The number of nitrogens with zero attached hydrogens (tertiary/aromatic N) is 1. The molecule has 6 nitrogen and oxygen atoms in total. The van der Waals surface area contributed by atoms with Crippen LogP contribution in [0.1, 0.15) is 29.6 Å². The van der Waals surface area contributed by atoms with Crippen molar-refractivity contribution < 1.29 is 13.2 Å². The third-order valence-corrected chi connectivity index (χ3v) is 6.33. The van der Waals surface area contributed by atoms with Crippen molar-refractivity contribution in [3.05, 3.63) is 53.1 Å². The number of anilines is 2. The molecule has 0 spiro atoms. The monoisotopic (exact) mass is 407 g/mol. The Balaban J connectivity index is 1.71. The molecule has 3 rings (SSSR count). The standard InChI is InChI=1S/C19H22ClN3O3S/c1-21-27(25,26)16-8-5-14(6-9-16)19(24)22-15-7-10-18(17(20)13-15)23-11-3-2-4-12-23/h5-10,13,21H,2-4,11-12H2,1H3,(H,22,24). The summed E-state index contributed by atoms with van der Waals surface area (Å²) in [5, 5.41) is 3.40. The van der Waals surface area contributed by atoms with Crippen molar-refractivity contribution in [3.63, 3.8) is 0 Å². The number of hydrogen-bond donors (Lipinski definition) is 2. The Hall–Kier alpha value is -2.09. The summed E-state index contributed by atoms with van der Waals surface area (Å²) in [4.78, 5) is 14.8. The average Bonchev–Trinajstić information content (AvgIpc) is 2.69. The number of halogens is 1. The molecule has 1 aliphatic heterocycles. The summed E-state index contributed by atoms with van der Waals surface area (Å²) in [6.07, 6.45) is 3.57. The summed E-state index contributed by atoms with van der Waals surface area (Å²) in [6, 6.07) is 11.2. The first kappa shape index (κ1) is 19.7. The van der Waals surface area contributed by atoms with E-state index in [4.69, 9.17) is 11.6 Å². The van der Waals surface area contributed by atoms with Crippen molar-refractivity contribution in [1.82, 2.24) is 4.72 Å². The second kappa shape index (κ2) is 8.29. The Morgan fingerprint density at radius 2 is 1.70 bits per heavy atom. The van der Waals surface area contributed by atoms with Gasteiger partial charge >= 0.3 is 0 Å². The molecule has 2 aromatic rings. The lowest BCUT2D eigenvalue weighted by Crippen LogP contribution is -2.29. The topological polar surface area (TPSA) is 78.5 Å². The molecule has 2 aromatic carbocycles. The van der Waals surface area contributed by atoms with Crippen molar-refractivity contribution in [1.29, 1.82) is 0 Å². The van der Waals surface area contributed by atoms with E-state index in [1.165, 1.54) is 37.7 Å². The maximum atomic E-state index is 12.4. The summed E-state index contributed by atoms with van der Waals surface area (Å²) in [5.74, 6) is -0.329. The van der Waals surface area contributed by atoms with Crippen molar-refractivity contribution in [2.24, 2.45) is 0 Å². The van der Waals surface area contributed by atoms with Crippen LogP contribution < -0.4 is 14.9 Å². The molecule has 1 saturated heterocycles. The summed E-state index contributed by atoms with van der Waals surface area (Å²) in [5.41, 5.74) is 1.94. The first-order valence-corrected chi connectivity index (χ1v) is 10.7. The average molecular weight is 408 g/mol. The Bertz CT molecular complexity index is 924. The van der Waals surface area contributed by atoms with Gasteiger partial charge in [0, 0.05) is 24.3 Å². The minimum absolute atomic E-state index is 0.107. The van der Waals surface area contributed by atoms with Crippen LogP contribution in [0.15, 0.2) is 47.4 Å². The second-order valence-corrected chi connectivity index (χ2v) is 8.69. The van der Waals surface area contributed by atoms with Gasteiger partial charge in [-0.3, -0.25) is 4.79 Å². The minimum atomic E-state index is -3.52. The molecule has 144 valence electrons. The number of nitrogens with one attached hydrogen (secondary N) is 2. The number of sulfonamides is 1. The number of carbonyl (C=O) groups is 1. The van der Waals surface area contributed by atoms with Gasteiger partial charge in [-0.25, -0.2) is 13.1 Å². The highest BCUT2D eigenvalue weighted by atomic mass is 35.5.